The Morgan fingerprint density at radius 1 is 1.18 bits per heavy atom. The van der Waals surface area contributed by atoms with Crippen molar-refractivity contribution in [2.75, 3.05) is 0 Å². The summed E-state index contributed by atoms with van der Waals surface area (Å²) in [7, 11) is 0. The number of benzene rings is 2. The molecule has 17 heavy (non-hydrogen) atoms. The van der Waals surface area contributed by atoms with E-state index >= 15 is 0 Å². The van der Waals surface area contributed by atoms with Crippen molar-refractivity contribution in [3.8, 4) is 0 Å². The van der Waals surface area contributed by atoms with Gasteiger partial charge in [-0.15, -0.1) is 0 Å². The van der Waals surface area contributed by atoms with Crippen molar-refractivity contribution >= 4 is 22.8 Å². The molecule has 0 saturated carbocycles. The molecule has 0 fully saturated rings. The topological polar surface area (TPSA) is 37.3 Å². The van der Waals surface area contributed by atoms with Gasteiger partial charge in [-0.25, -0.2) is 4.79 Å². The van der Waals surface area contributed by atoms with Gasteiger partial charge >= 0.3 is 5.97 Å². The van der Waals surface area contributed by atoms with E-state index in [1.165, 1.54) is 0 Å². The summed E-state index contributed by atoms with van der Waals surface area (Å²) in [5.41, 5.74) is 1.39. The Kier molecular flexibility index (Phi) is 3.24. The fourth-order valence-corrected chi connectivity index (χ4v) is 1.88. The monoisotopic (exact) mass is 226 g/mol. The third-order valence-electron chi connectivity index (χ3n) is 2.81. The number of hydrogen-bond acceptors (Lipinski definition) is 1. The van der Waals surface area contributed by atoms with Crippen molar-refractivity contribution in [3.63, 3.8) is 0 Å². The largest absolute Gasteiger partial charge is 0.478 e. The zero-order valence-electron chi connectivity index (χ0n) is 9.68. The lowest BCUT2D eigenvalue weighted by atomic mass is 10.0. The van der Waals surface area contributed by atoms with Gasteiger partial charge in [-0.2, -0.15) is 0 Å². The van der Waals surface area contributed by atoms with Crippen LogP contribution in [0.4, 0.5) is 0 Å². The van der Waals surface area contributed by atoms with Crippen LogP contribution in [0.15, 0.2) is 48.0 Å². The molecule has 2 aromatic carbocycles. The van der Waals surface area contributed by atoms with Crippen LogP contribution in [-0.4, -0.2) is 11.1 Å². The molecule has 0 bridgehead atoms. The normalized spacial score (nSPS) is 11.7. The summed E-state index contributed by atoms with van der Waals surface area (Å²) in [6.07, 6.45) is 2.28. The van der Waals surface area contributed by atoms with Crippen LogP contribution in [0.2, 0.25) is 0 Å². The molecule has 2 nitrogen and oxygen atoms in total. The highest BCUT2D eigenvalue weighted by Gasteiger charge is 2.05. The minimum Gasteiger partial charge on any atom is -0.478 e. The van der Waals surface area contributed by atoms with Gasteiger partial charge in [0.1, 0.15) is 0 Å². The zero-order valence-corrected chi connectivity index (χ0v) is 9.68. The Labute approximate surface area is 100 Å². The number of rotatable bonds is 3. The Morgan fingerprint density at radius 3 is 2.59 bits per heavy atom. The number of carboxylic acids is 1. The number of aliphatic carboxylic acids is 1. The first kappa shape index (κ1) is 11.4. The molecule has 0 spiro atoms. The highest BCUT2D eigenvalue weighted by molar-refractivity contribution is 5.97. The summed E-state index contributed by atoms with van der Waals surface area (Å²) in [4.78, 5) is 11.0. The quantitative estimate of drug-likeness (QED) is 0.810. The van der Waals surface area contributed by atoms with Crippen LogP contribution in [0.3, 0.4) is 0 Å². The molecule has 0 aliphatic heterocycles. The molecule has 0 aliphatic carbocycles. The van der Waals surface area contributed by atoms with Crippen LogP contribution < -0.4 is 0 Å². The number of carbonyl (C=O) groups is 1. The molecule has 86 valence electrons. The van der Waals surface area contributed by atoms with Gasteiger partial charge in [0.25, 0.3) is 0 Å². The lowest BCUT2D eigenvalue weighted by molar-refractivity contribution is -0.132. The third-order valence-corrected chi connectivity index (χ3v) is 2.81. The summed E-state index contributed by atoms with van der Waals surface area (Å²) in [5, 5.41) is 11.3. The molecule has 0 radical (unpaired) electrons. The molecule has 0 aliphatic rings. The molecule has 2 aromatic rings. The molecular weight excluding hydrogens is 212 g/mol. The van der Waals surface area contributed by atoms with Crippen LogP contribution in [0.25, 0.3) is 16.8 Å². The summed E-state index contributed by atoms with van der Waals surface area (Å²) in [6.45, 7) is 1.85. The number of hydrogen-bond donors (Lipinski definition) is 1. The van der Waals surface area contributed by atoms with Gasteiger partial charge in [-0.3, -0.25) is 0 Å². The zero-order chi connectivity index (χ0) is 12.3. The van der Waals surface area contributed by atoms with E-state index in [1.54, 1.807) is 6.08 Å². The van der Waals surface area contributed by atoms with Gasteiger partial charge in [0.05, 0.1) is 0 Å². The van der Waals surface area contributed by atoms with Gasteiger partial charge in [0, 0.05) is 5.57 Å². The predicted octanol–water partition coefficient (Wildman–Crippen LogP) is 3.72. The van der Waals surface area contributed by atoms with E-state index in [1.807, 2.05) is 49.4 Å². The molecule has 2 heteroatoms. The summed E-state index contributed by atoms with van der Waals surface area (Å²) in [5.74, 6) is -0.847. The van der Waals surface area contributed by atoms with E-state index in [0.717, 1.165) is 16.3 Å². The maximum Gasteiger partial charge on any atom is 0.331 e. The van der Waals surface area contributed by atoms with Crippen molar-refractivity contribution in [3.05, 3.63) is 53.6 Å². The van der Waals surface area contributed by atoms with E-state index in [0.29, 0.717) is 12.0 Å². The first-order valence-electron chi connectivity index (χ1n) is 5.64. The highest BCUT2D eigenvalue weighted by Crippen LogP contribution is 2.21. The maximum atomic E-state index is 11.0. The molecule has 0 heterocycles. The molecule has 0 atom stereocenters. The van der Waals surface area contributed by atoms with Crippen LogP contribution >= 0.6 is 0 Å². The van der Waals surface area contributed by atoms with Crippen molar-refractivity contribution < 1.29 is 9.90 Å². The van der Waals surface area contributed by atoms with E-state index < -0.39 is 5.97 Å². The molecule has 0 amide bonds. The Hall–Kier alpha value is -2.09. The smallest absolute Gasteiger partial charge is 0.331 e. The van der Waals surface area contributed by atoms with Gasteiger partial charge in [0.15, 0.2) is 0 Å². The van der Waals surface area contributed by atoms with Crippen LogP contribution in [0, 0.1) is 0 Å². The second-order valence-electron chi connectivity index (χ2n) is 3.90. The minimum absolute atomic E-state index is 0.432. The fraction of sp³-hybridized carbons (Fsp3) is 0.133. The van der Waals surface area contributed by atoms with Crippen molar-refractivity contribution in [2.45, 2.75) is 13.3 Å². The highest BCUT2D eigenvalue weighted by atomic mass is 16.4. The third kappa shape index (κ3) is 2.36. The Morgan fingerprint density at radius 2 is 1.88 bits per heavy atom. The van der Waals surface area contributed by atoms with Gasteiger partial charge in [-0.1, -0.05) is 49.4 Å². The second kappa shape index (κ2) is 4.83. The maximum absolute atomic E-state index is 11.0. The van der Waals surface area contributed by atoms with Crippen molar-refractivity contribution in [1.29, 1.82) is 0 Å². The van der Waals surface area contributed by atoms with Gasteiger partial charge in [0.2, 0.25) is 0 Å². The Bertz CT molecular complexity index is 577. The number of fused-ring (bicyclic) bond motifs is 1. The minimum atomic E-state index is -0.847. The summed E-state index contributed by atoms with van der Waals surface area (Å²) >= 11 is 0. The Balaban J connectivity index is 2.59. The van der Waals surface area contributed by atoms with E-state index in [4.69, 9.17) is 5.11 Å². The van der Waals surface area contributed by atoms with Crippen LogP contribution in [0.1, 0.15) is 18.9 Å². The molecular formula is C15H14O2. The van der Waals surface area contributed by atoms with Gasteiger partial charge in [-0.05, 0) is 28.8 Å². The SMILES string of the molecule is CC/C(=C/c1cccc2ccccc12)C(=O)O. The molecule has 2 rings (SSSR count). The standard InChI is InChI=1S/C15H14O2/c1-2-11(15(16)17)10-13-8-5-7-12-6-3-4-9-14(12)13/h3-10H,2H2,1H3,(H,16,17)/b11-10-. The molecule has 0 saturated heterocycles. The summed E-state index contributed by atoms with van der Waals surface area (Å²) < 4.78 is 0. The number of carboxylic acid groups (broad SMARTS) is 1. The van der Waals surface area contributed by atoms with Crippen LogP contribution in [-0.2, 0) is 4.79 Å². The fourth-order valence-electron chi connectivity index (χ4n) is 1.88. The van der Waals surface area contributed by atoms with Crippen molar-refractivity contribution in [1.82, 2.24) is 0 Å². The molecule has 1 N–H and O–H groups in total. The van der Waals surface area contributed by atoms with E-state index in [-0.39, 0.29) is 0 Å². The molecule has 0 unspecified atom stereocenters. The lowest BCUT2D eigenvalue weighted by Crippen LogP contribution is -1.98. The first-order valence-corrected chi connectivity index (χ1v) is 5.64. The first-order chi connectivity index (χ1) is 8.22. The predicted molar refractivity (Wildman–Crippen MR) is 69.9 cm³/mol. The molecule has 0 aromatic heterocycles. The van der Waals surface area contributed by atoms with E-state index in [2.05, 4.69) is 0 Å². The lowest BCUT2D eigenvalue weighted by Gasteiger charge is -2.03. The van der Waals surface area contributed by atoms with Gasteiger partial charge < -0.3 is 5.11 Å². The van der Waals surface area contributed by atoms with Crippen LogP contribution in [0.5, 0.6) is 0 Å². The average Bonchev–Trinajstić information content (AvgIpc) is 2.35. The summed E-state index contributed by atoms with van der Waals surface area (Å²) in [6, 6.07) is 13.9. The van der Waals surface area contributed by atoms with E-state index in [9.17, 15) is 4.79 Å². The van der Waals surface area contributed by atoms with Crippen molar-refractivity contribution in [2.24, 2.45) is 0 Å². The average molecular weight is 226 g/mol. The second-order valence-corrected chi connectivity index (χ2v) is 3.90.